The number of hydrogen-bond acceptors (Lipinski definition) is 2. The van der Waals surface area contributed by atoms with Gasteiger partial charge in [0.05, 0.1) is 0 Å². The summed E-state index contributed by atoms with van der Waals surface area (Å²) in [7, 11) is 0. The largest absolute Gasteiger partial charge is 0.313 e. The van der Waals surface area contributed by atoms with Crippen LogP contribution in [0.3, 0.4) is 0 Å². The van der Waals surface area contributed by atoms with Crippen molar-refractivity contribution in [3.8, 4) is 0 Å². The smallest absolute Gasteiger partial charge is 0.0240 e. The molecule has 0 aromatic heterocycles. The highest BCUT2D eigenvalue weighted by molar-refractivity contribution is 5.34. The van der Waals surface area contributed by atoms with Crippen molar-refractivity contribution < 1.29 is 0 Å². The second-order valence-electron chi connectivity index (χ2n) is 5.45. The lowest BCUT2D eigenvalue weighted by molar-refractivity contribution is 0.251. The highest BCUT2D eigenvalue weighted by Gasteiger charge is 2.19. The molecule has 0 fully saturated rings. The Morgan fingerprint density at radius 2 is 2.00 bits per heavy atom. The third kappa shape index (κ3) is 3.30. The Hall–Kier alpha value is -0.860. The SMILES string of the molecule is CCNCc1ccc2c(c1)CN(CC(C)C)C2. The maximum Gasteiger partial charge on any atom is 0.0240 e. The first-order valence-corrected chi connectivity index (χ1v) is 6.72. The minimum atomic E-state index is 0.755. The van der Waals surface area contributed by atoms with Crippen LogP contribution in [0.5, 0.6) is 0 Å². The van der Waals surface area contributed by atoms with Gasteiger partial charge in [0.2, 0.25) is 0 Å². The van der Waals surface area contributed by atoms with Crippen LogP contribution >= 0.6 is 0 Å². The molecule has 1 aromatic carbocycles. The van der Waals surface area contributed by atoms with Crippen molar-refractivity contribution in [1.82, 2.24) is 10.2 Å². The summed E-state index contributed by atoms with van der Waals surface area (Å²) in [5, 5.41) is 3.39. The Labute approximate surface area is 105 Å². The van der Waals surface area contributed by atoms with Crippen molar-refractivity contribution in [1.29, 1.82) is 0 Å². The van der Waals surface area contributed by atoms with E-state index in [1.807, 2.05) is 0 Å². The van der Waals surface area contributed by atoms with Gasteiger partial charge in [-0.3, -0.25) is 4.90 Å². The predicted octanol–water partition coefficient (Wildman–Crippen LogP) is 2.77. The molecule has 1 aliphatic heterocycles. The maximum atomic E-state index is 3.39. The summed E-state index contributed by atoms with van der Waals surface area (Å²) in [6.07, 6.45) is 0. The molecule has 1 aromatic rings. The van der Waals surface area contributed by atoms with E-state index in [-0.39, 0.29) is 0 Å². The maximum absolute atomic E-state index is 3.39. The zero-order valence-electron chi connectivity index (χ0n) is 11.3. The predicted molar refractivity (Wildman–Crippen MR) is 72.8 cm³/mol. The van der Waals surface area contributed by atoms with E-state index >= 15 is 0 Å². The molecular formula is C15H24N2. The van der Waals surface area contributed by atoms with Crippen molar-refractivity contribution in [3.05, 3.63) is 34.9 Å². The van der Waals surface area contributed by atoms with Crippen molar-refractivity contribution in [2.24, 2.45) is 5.92 Å². The van der Waals surface area contributed by atoms with Gasteiger partial charge in [0, 0.05) is 26.2 Å². The standard InChI is InChI=1S/C15H24N2/c1-4-16-8-13-5-6-14-10-17(9-12(2)3)11-15(14)7-13/h5-7,12,16H,4,8-11H2,1-3H3. The molecule has 0 aliphatic carbocycles. The van der Waals surface area contributed by atoms with Crippen LogP contribution in [-0.4, -0.2) is 18.0 Å². The first-order valence-electron chi connectivity index (χ1n) is 6.72. The lowest BCUT2D eigenvalue weighted by Crippen LogP contribution is -2.21. The Balaban J connectivity index is 2.00. The summed E-state index contributed by atoms with van der Waals surface area (Å²) in [4.78, 5) is 2.55. The molecule has 0 amide bonds. The minimum Gasteiger partial charge on any atom is -0.313 e. The van der Waals surface area contributed by atoms with E-state index in [9.17, 15) is 0 Å². The Morgan fingerprint density at radius 1 is 1.24 bits per heavy atom. The van der Waals surface area contributed by atoms with Crippen LogP contribution in [0.4, 0.5) is 0 Å². The van der Waals surface area contributed by atoms with Gasteiger partial charge in [0.1, 0.15) is 0 Å². The van der Waals surface area contributed by atoms with Crippen LogP contribution in [-0.2, 0) is 19.6 Å². The lowest BCUT2D eigenvalue weighted by Gasteiger charge is -2.16. The quantitative estimate of drug-likeness (QED) is 0.840. The van der Waals surface area contributed by atoms with E-state index in [1.54, 1.807) is 0 Å². The van der Waals surface area contributed by atoms with E-state index in [2.05, 4.69) is 49.2 Å². The molecule has 0 unspecified atom stereocenters. The molecule has 0 bridgehead atoms. The molecule has 2 rings (SSSR count). The molecule has 1 N–H and O–H groups in total. The fourth-order valence-corrected chi connectivity index (χ4v) is 2.54. The van der Waals surface area contributed by atoms with Gasteiger partial charge in [-0.25, -0.2) is 0 Å². The van der Waals surface area contributed by atoms with Gasteiger partial charge in [-0.2, -0.15) is 0 Å². The summed E-state index contributed by atoms with van der Waals surface area (Å²) in [5.74, 6) is 0.755. The van der Waals surface area contributed by atoms with E-state index in [4.69, 9.17) is 0 Å². The first kappa shape index (κ1) is 12.6. The summed E-state index contributed by atoms with van der Waals surface area (Å²) >= 11 is 0. The number of nitrogens with one attached hydrogen (secondary N) is 1. The van der Waals surface area contributed by atoms with E-state index in [0.29, 0.717) is 0 Å². The minimum absolute atomic E-state index is 0.755. The van der Waals surface area contributed by atoms with E-state index < -0.39 is 0 Å². The number of hydrogen-bond donors (Lipinski definition) is 1. The zero-order chi connectivity index (χ0) is 12.3. The lowest BCUT2D eigenvalue weighted by atomic mass is 10.1. The molecule has 0 spiro atoms. The van der Waals surface area contributed by atoms with Gasteiger partial charge in [-0.1, -0.05) is 39.0 Å². The molecule has 1 heterocycles. The second kappa shape index (κ2) is 5.65. The van der Waals surface area contributed by atoms with Crippen LogP contribution in [0, 0.1) is 5.92 Å². The van der Waals surface area contributed by atoms with Gasteiger partial charge < -0.3 is 5.32 Å². The monoisotopic (exact) mass is 232 g/mol. The average Bonchev–Trinajstić information content (AvgIpc) is 2.66. The first-order chi connectivity index (χ1) is 8.19. The van der Waals surface area contributed by atoms with Crippen molar-refractivity contribution in [2.45, 2.75) is 40.4 Å². The Morgan fingerprint density at radius 3 is 2.71 bits per heavy atom. The average molecular weight is 232 g/mol. The fourth-order valence-electron chi connectivity index (χ4n) is 2.54. The Kier molecular flexibility index (Phi) is 4.19. The normalized spacial score (nSPS) is 15.5. The number of fused-ring (bicyclic) bond motifs is 1. The molecule has 0 radical (unpaired) electrons. The molecule has 1 aliphatic rings. The number of nitrogens with zero attached hydrogens (tertiary/aromatic N) is 1. The molecule has 2 heteroatoms. The van der Waals surface area contributed by atoms with Gasteiger partial charge in [-0.15, -0.1) is 0 Å². The van der Waals surface area contributed by atoms with Crippen molar-refractivity contribution >= 4 is 0 Å². The molecule has 17 heavy (non-hydrogen) atoms. The summed E-state index contributed by atoms with van der Waals surface area (Å²) in [5.41, 5.74) is 4.46. The molecule has 0 atom stereocenters. The van der Waals surface area contributed by atoms with Crippen LogP contribution in [0.25, 0.3) is 0 Å². The molecular weight excluding hydrogens is 208 g/mol. The summed E-state index contributed by atoms with van der Waals surface area (Å²) in [6.45, 7) is 12.2. The molecule has 2 nitrogen and oxygen atoms in total. The zero-order valence-corrected chi connectivity index (χ0v) is 11.3. The third-order valence-electron chi connectivity index (χ3n) is 3.26. The third-order valence-corrected chi connectivity index (χ3v) is 3.26. The molecule has 0 saturated heterocycles. The summed E-state index contributed by atoms with van der Waals surface area (Å²) < 4.78 is 0. The highest BCUT2D eigenvalue weighted by atomic mass is 15.1. The van der Waals surface area contributed by atoms with Crippen molar-refractivity contribution in [2.75, 3.05) is 13.1 Å². The van der Waals surface area contributed by atoms with E-state index in [0.717, 1.165) is 32.1 Å². The topological polar surface area (TPSA) is 15.3 Å². The van der Waals surface area contributed by atoms with Gasteiger partial charge in [0.25, 0.3) is 0 Å². The van der Waals surface area contributed by atoms with Crippen molar-refractivity contribution in [3.63, 3.8) is 0 Å². The molecule has 94 valence electrons. The van der Waals surface area contributed by atoms with Gasteiger partial charge >= 0.3 is 0 Å². The van der Waals surface area contributed by atoms with Gasteiger partial charge in [0.15, 0.2) is 0 Å². The summed E-state index contributed by atoms with van der Waals surface area (Å²) in [6, 6.07) is 6.95. The fraction of sp³-hybridized carbons (Fsp3) is 0.600. The number of benzene rings is 1. The Bertz CT molecular complexity index is 371. The number of rotatable bonds is 5. The second-order valence-corrected chi connectivity index (χ2v) is 5.45. The van der Waals surface area contributed by atoms with Crippen LogP contribution in [0.15, 0.2) is 18.2 Å². The highest BCUT2D eigenvalue weighted by Crippen LogP contribution is 2.24. The van der Waals surface area contributed by atoms with E-state index in [1.165, 1.54) is 23.2 Å². The molecule has 0 saturated carbocycles. The van der Waals surface area contributed by atoms with Crippen LogP contribution < -0.4 is 5.32 Å². The van der Waals surface area contributed by atoms with Gasteiger partial charge in [-0.05, 0) is 29.2 Å². The van der Waals surface area contributed by atoms with Crippen LogP contribution in [0.2, 0.25) is 0 Å². The van der Waals surface area contributed by atoms with Crippen LogP contribution in [0.1, 0.15) is 37.5 Å².